The highest BCUT2D eigenvalue weighted by Crippen LogP contribution is 2.22. The molecule has 0 saturated carbocycles. The molecule has 7 heteroatoms. The molecule has 0 spiro atoms. The Morgan fingerprint density at radius 1 is 1.40 bits per heavy atom. The van der Waals surface area contributed by atoms with E-state index >= 15 is 0 Å². The maximum Gasteiger partial charge on any atom is 0.315 e. The zero-order valence-electron chi connectivity index (χ0n) is 14.8. The van der Waals surface area contributed by atoms with Gasteiger partial charge in [0.2, 0.25) is 0 Å². The normalized spacial score (nSPS) is 16.3. The highest BCUT2D eigenvalue weighted by molar-refractivity contribution is 5.74. The lowest BCUT2D eigenvalue weighted by molar-refractivity contribution is 0.134. The Labute approximate surface area is 147 Å². The van der Waals surface area contributed by atoms with Crippen molar-refractivity contribution in [1.29, 1.82) is 0 Å². The highest BCUT2D eigenvalue weighted by atomic mass is 16.5. The third kappa shape index (κ3) is 4.57. The predicted octanol–water partition coefficient (Wildman–Crippen LogP) is 2.46. The van der Waals surface area contributed by atoms with Crippen LogP contribution in [0.2, 0.25) is 0 Å². The molecule has 1 aliphatic heterocycles. The third-order valence-electron chi connectivity index (χ3n) is 4.20. The van der Waals surface area contributed by atoms with Crippen LogP contribution in [0.15, 0.2) is 24.3 Å². The van der Waals surface area contributed by atoms with Crippen molar-refractivity contribution in [3.05, 3.63) is 47.0 Å². The van der Waals surface area contributed by atoms with E-state index in [1.165, 1.54) is 0 Å². The number of nitrogens with one attached hydrogen (secondary N) is 2. The van der Waals surface area contributed by atoms with Crippen molar-refractivity contribution in [3.63, 3.8) is 0 Å². The summed E-state index contributed by atoms with van der Waals surface area (Å²) >= 11 is 0. The lowest BCUT2D eigenvalue weighted by Gasteiger charge is -2.23. The minimum absolute atomic E-state index is 0.0840. The van der Waals surface area contributed by atoms with Crippen LogP contribution in [0.3, 0.4) is 0 Å². The number of urea groups is 1. The zero-order valence-corrected chi connectivity index (χ0v) is 14.8. The van der Waals surface area contributed by atoms with E-state index in [1.54, 1.807) is 0 Å². The van der Waals surface area contributed by atoms with E-state index in [2.05, 4.69) is 26.8 Å². The van der Waals surface area contributed by atoms with Crippen LogP contribution in [-0.4, -0.2) is 27.4 Å². The van der Waals surface area contributed by atoms with Crippen molar-refractivity contribution in [2.75, 3.05) is 6.61 Å². The first kappa shape index (κ1) is 17.4. The molecule has 0 aliphatic carbocycles. The van der Waals surface area contributed by atoms with Crippen LogP contribution in [0, 0.1) is 6.92 Å². The standard InChI is InChI=1S/C18H25N5O2/c1-3-25-12-15-7-4-6-14(10-15)11-19-18(24)21-16-8-5-9-23-17(16)20-13(2)22-23/h4,6-7,10,16H,3,5,8-9,11-12H2,1-2H3,(H2,19,21,24)/t16-/m0/s1. The first-order chi connectivity index (χ1) is 12.2. The zero-order chi connectivity index (χ0) is 17.6. The van der Waals surface area contributed by atoms with Gasteiger partial charge in [0.05, 0.1) is 12.6 Å². The Balaban J connectivity index is 1.53. The van der Waals surface area contributed by atoms with Gasteiger partial charge < -0.3 is 15.4 Å². The lowest BCUT2D eigenvalue weighted by atomic mass is 10.1. The van der Waals surface area contributed by atoms with Gasteiger partial charge in [-0.2, -0.15) is 5.10 Å². The van der Waals surface area contributed by atoms with Crippen LogP contribution >= 0.6 is 0 Å². The highest BCUT2D eigenvalue weighted by Gasteiger charge is 2.24. The van der Waals surface area contributed by atoms with Crippen molar-refractivity contribution in [1.82, 2.24) is 25.4 Å². The van der Waals surface area contributed by atoms with Crippen LogP contribution < -0.4 is 10.6 Å². The molecule has 3 rings (SSSR count). The van der Waals surface area contributed by atoms with E-state index in [1.807, 2.05) is 36.7 Å². The molecule has 1 atom stereocenters. The fourth-order valence-electron chi connectivity index (χ4n) is 3.05. The van der Waals surface area contributed by atoms with Gasteiger partial charge in [-0.05, 0) is 37.8 Å². The number of carbonyl (C=O) groups is 1. The second kappa shape index (κ2) is 8.11. The van der Waals surface area contributed by atoms with Crippen molar-refractivity contribution in [3.8, 4) is 0 Å². The molecule has 2 N–H and O–H groups in total. The monoisotopic (exact) mass is 343 g/mol. The summed E-state index contributed by atoms with van der Waals surface area (Å²) in [5.74, 6) is 1.59. The molecular formula is C18H25N5O2. The summed E-state index contributed by atoms with van der Waals surface area (Å²) in [4.78, 5) is 16.7. The van der Waals surface area contributed by atoms with E-state index in [9.17, 15) is 4.79 Å². The Bertz CT molecular complexity index is 728. The average molecular weight is 343 g/mol. The molecule has 2 aromatic rings. The van der Waals surface area contributed by atoms with Gasteiger partial charge in [0.15, 0.2) is 0 Å². The number of hydrogen-bond donors (Lipinski definition) is 2. The number of aryl methyl sites for hydroxylation is 2. The molecule has 0 fully saturated rings. The topological polar surface area (TPSA) is 81.1 Å². The predicted molar refractivity (Wildman–Crippen MR) is 93.9 cm³/mol. The van der Waals surface area contributed by atoms with Gasteiger partial charge >= 0.3 is 6.03 Å². The lowest BCUT2D eigenvalue weighted by Crippen LogP contribution is -2.39. The molecule has 134 valence electrons. The van der Waals surface area contributed by atoms with E-state index in [-0.39, 0.29) is 12.1 Å². The summed E-state index contributed by atoms with van der Waals surface area (Å²) < 4.78 is 7.31. The summed E-state index contributed by atoms with van der Waals surface area (Å²) in [7, 11) is 0. The third-order valence-corrected chi connectivity index (χ3v) is 4.20. The number of hydrogen-bond acceptors (Lipinski definition) is 4. The molecule has 2 heterocycles. The maximum atomic E-state index is 12.3. The molecule has 0 unspecified atom stereocenters. The average Bonchev–Trinajstić information content (AvgIpc) is 3.00. The van der Waals surface area contributed by atoms with Crippen LogP contribution in [-0.2, 0) is 24.4 Å². The molecule has 1 aliphatic rings. The molecule has 2 amide bonds. The summed E-state index contributed by atoms with van der Waals surface area (Å²) in [5.41, 5.74) is 2.16. The van der Waals surface area contributed by atoms with Gasteiger partial charge in [0, 0.05) is 19.7 Å². The number of benzene rings is 1. The maximum absolute atomic E-state index is 12.3. The number of aromatic nitrogens is 3. The second-order valence-electron chi connectivity index (χ2n) is 6.22. The van der Waals surface area contributed by atoms with Gasteiger partial charge in [0.25, 0.3) is 0 Å². The number of amides is 2. The van der Waals surface area contributed by atoms with Crippen molar-refractivity contribution >= 4 is 6.03 Å². The Morgan fingerprint density at radius 2 is 2.24 bits per heavy atom. The van der Waals surface area contributed by atoms with Gasteiger partial charge in [0.1, 0.15) is 11.6 Å². The first-order valence-corrected chi connectivity index (χ1v) is 8.77. The van der Waals surface area contributed by atoms with Crippen LogP contribution in [0.1, 0.15) is 48.6 Å². The molecular weight excluding hydrogens is 318 g/mol. The fourth-order valence-corrected chi connectivity index (χ4v) is 3.05. The van der Waals surface area contributed by atoms with Gasteiger partial charge in [-0.15, -0.1) is 0 Å². The fraction of sp³-hybridized carbons (Fsp3) is 0.500. The Morgan fingerprint density at radius 3 is 3.08 bits per heavy atom. The van der Waals surface area contributed by atoms with Crippen molar-refractivity contribution in [2.45, 2.75) is 52.4 Å². The van der Waals surface area contributed by atoms with E-state index in [0.717, 1.165) is 42.2 Å². The number of nitrogens with zero attached hydrogens (tertiary/aromatic N) is 3. The number of ether oxygens (including phenoxy) is 1. The molecule has 0 saturated heterocycles. The largest absolute Gasteiger partial charge is 0.377 e. The van der Waals surface area contributed by atoms with E-state index in [0.29, 0.717) is 19.8 Å². The van der Waals surface area contributed by atoms with Crippen molar-refractivity contribution < 1.29 is 9.53 Å². The van der Waals surface area contributed by atoms with Gasteiger partial charge in [-0.25, -0.2) is 14.5 Å². The van der Waals surface area contributed by atoms with Gasteiger partial charge in [-0.1, -0.05) is 24.3 Å². The quantitative estimate of drug-likeness (QED) is 0.844. The second-order valence-corrected chi connectivity index (χ2v) is 6.22. The summed E-state index contributed by atoms with van der Waals surface area (Å²) in [6.07, 6.45) is 1.87. The SMILES string of the molecule is CCOCc1cccc(CNC(=O)N[C@H]2CCCn3nc(C)nc32)c1. The number of rotatable bonds is 6. The molecule has 1 aromatic carbocycles. The molecule has 7 nitrogen and oxygen atoms in total. The smallest absolute Gasteiger partial charge is 0.315 e. The Hall–Kier alpha value is -2.41. The van der Waals surface area contributed by atoms with E-state index < -0.39 is 0 Å². The molecule has 25 heavy (non-hydrogen) atoms. The number of carbonyl (C=O) groups excluding carboxylic acids is 1. The molecule has 1 aromatic heterocycles. The minimum atomic E-state index is -0.186. The van der Waals surface area contributed by atoms with Gasteiger partial charge in [-0.3, -0.25) is 0 Å². The van der Waals surface area contributed by atoms with Crippen molar-refractivity contribution in [2.24, 2.45) is 0 Å². The molecule has 0 bridgehead atoms. The first-order valence-electron chi connectivity index (χ1n) is 8.77. The van der Waals surface area contributed by atoms with E-state index in [4.69, 9.17) is 4.74 Å². The summed E-state index contributed by atoms with van der Waals surface area (Å²) in [6, 6.07) is 7.78. The summed E-state index contributed by atoms with van der Waals surface area (Å²) in [6.45, 7) is 6.47. The minimum Gasteiger partial charge on any atom is -0.377 e. The number of fused-ring (bicyclic) bond motifs is 1. The summed E-state index contributed by atoms with van der Waals surface area (Å²) in [5, 5.41) is 10.3. The van der Waals surface area contributed by atoms with Crippen LogP contribution in [0.4, 0.5) is 4.79 Å². The molecule has 0 radical (unpaired) electrons. The van der Waals surface area contributed by atoms with Crippen LogP contribution in [0.5, 0.6) is 0 Å². The van der Waals surface area contributed by atoms with Crippen LogP contribution in [0.25, 0.3) is 0 Å². The Kier molecular flexibility index (Phi) is 5.65.